The van der Waals surface area contributed by atoms with Crippen LogP contribution in [0, 0.1) is 6.92 Å². The van der Waals surface area contributed by atoms with Gasteiger partial charge in [-0.15, -0.1) is 0 Å². The minimum Gasteiger partial charge on any atom is -0.494 e. The van der Waals surface area contributed by atoms with Crippen LogP contribution < -0.4 is 19.8 Å². The molecule has 1 aromatic heterocycles. The first-order valence-corrected chi connectivity index (χ1v) is 14.5. The molecule has 3 aromatic carbocycles. The van der Waals surface area contributed by atoms with E-state index in [0.29, 0.717) is 51.5 Å². The summed E-state index contributed by atoms with van der Waals surface area (Å²) in [6.45, 7) is 10.6. The summed E-state index contributed by atoms with van der Waals surface area (Å²) in [5.41, 5.74) is 3.62. The van der Waals surface area contributed by atoms with Crippen molar-refractivity contribution in [1.82, 2.24) is 9.66 Å². The molecule has 0 aliphatic heterocycles. The normalized spacial score (nSPS) is 11.3. The minimum absolute atomic E-state index is 0.185. The van der Waals surface area contributed by atoms with Crippen LogP contribution in [0.3, 0.4) is 0 Å². The van der Waals surface area contributed by atoms with Gasteiger partial charge in [-0.1, -0.05) is 26.0 Å². The quantitative estimate of drug-likeness (QED) is 0.137. The van der Waals surface area contributed by atoms with Crippen LogP contribution >= 0.6 is 15.9 Å². The van der Waals surface area contributed by atoms with Crippen molar-refractivity contribution >= 4 is 39.0 Å². The Morgan fingerprint density at radius 2 is 1.76 bits per heavy atom. The average Bonchev–Trinajstić information content (AvgIpc) is 2.96. The number of carbonyl (C=O) groups excluding carboxylic acids is 1. The Balaban J connectivity index is 1.88. The monoisotopic (exact) mass is 635 g/mol. The van der Waals surface area contributed by atoms with Crippen molar-refractivity contribution in [3.63, 3.8) is 0 Å². The van der Waals surface area contributed by atoms with Crippen molar-refractivity contribution in [3.05, 3.63) is 80.0 Å². The predicted molar refractivity (Wildman–Crippen MR) is 167 cm³/mol. The van der Waals surface area contributed by atoms with Crippen LogP contribution in [-0.4, -0.2) is 48.8 Å². The lowest BCUT2D eigenvalue weighted by Crippen LogP contribution is -2.21. The summed E-state index contributed by atoms with van der Waals surface area (Å²) in [7, 11) is 1.29. The maximum Gasteiger partial charge on any atom is 0.343 e. The molecule has 0 radical (unpaired) electrons. The number of methoxy groups -OCH3 is 1. The van der Waals surface area contributed by atoms with Crippen LogP contribution in [0.5, 0.6) is 17.2 Å². The third-order valence-electron chi connectivity index (χ3n) is 6.49. The number of hydrogen-bond donors (Lipinski definition) is 0. The fraction of sp³-hybridized carbons (Fsp3) is 0.312. The third kappa shape index (κ3) is 6.65. The number of para-hydroxylation sites is 1. The summed E-state index contributed by atoms with van der Waals surface area (Å²) in [4.78, 5) is 30.3. The number of nitrogens with zero attached hydrogens (tertiary/aromatic N) is 3. The van der Waals surface area contributed by atoms with Crippen molar-refractivity contribution in [2.45, 2.75) is 40.5 Å². The zero-order chi connectivity index (χ0) is 30.4. The molecule has 0 aliphatic carbocycles. The van der Waals surface area contributed by atoms with E-state index in [9.17, 15) is 9.59 Å². The number of aromatic nitrogens is 2. The van der Waals surface area contributed by atoms with E-state index in [-0.39, 0.29) is 18.1 Å². The summed E-state index contributed by atoms with van der Waals surface area (Å²) in [6.07, 6.45) is 1.56. The lowest BCUT2D eigenvalue weighted by Gasteiger charge is -2.18. The fourth-order valence-corrected chi connectivity index (χ4v) is 5.03. The zero-order valence-electron chi connectivity index (χ0n) is 24.6. The van der Waals surface area contributed by atoms with Crippen LogP contribution in [-0.2, 0) is 9.53 Å². The van der Waals surface area contributed by atoms with E-state index in [1.54, 1.807) is 30.5 Å². The summed E-state index contributed by atoms with van der Waals surface area (Å²) < 4.78 is 23.9. The number of carbonyl (C=O) groups is 1. The van der Waals surface area contributed by atoms with Gasteiger partial charge in [-0.2, -0.15) is 9.78 Å². The number of rotatable bonds is 11. The lowest BCUT2D eigenvalue weighted by molar-refractivity contribution is -0.142. The van der Waals surface area contributed by atoms with E-state index in [1.807, 2.05) is 45.0 Å². The largest absolute Gasteiger partial charge is 0.494 e. The Labute approximate surface area is 253 Å². The van der Waals surface area contributed by atoms with Crippen LogP contribution in [0.15, 0.2) is 62.9 Å². The molecule has 0 bridgehead atoms. The molecule has 10 heteroatoms. The van der Waals surface area contributed by atoms with Gasteiger partial charge in [-0.25, -0.2) is 9.78 Å². The number of hydrogen-bond acceptors (Lipinski definition) is 8. The van der Waals surface area contributed by atoms with Gasteiger partial charge in [0.25, 0.3) is 5.56 Å². The highest BCUT2D eigenvalue weighted by molar-refractivity contribution is 9.10. The first-order chi connectivity index (χ1) is 20.2. The second kappa shape index (κ2) is 13.7. The molecule has 42 heavy (non-hydrogen) atoms. The van der Waals surface area contributed by atoms with Crippen LogP contribution in [0.1, 0.15) is 50.3 Å². The zero-order valence-corrected chi connectivity index (χ0v) is 26.1. The Morgan fingerprint density at radius 3 is 2.45 bits per heavy atom. The maximum atomic E-state index is 13.8. The van der Waals surface area contributed by atoms with E-state index in [4.69, 9.17) is 19.2 Å². The molecule has 4 aromatic rings. The number of esters is 1. The van der Waals surface area contributed by atoms with E-state index < -0.39 is 5.97 Å². The maximum absolute atomic E-state index is 13.8. The van der Waals surface area contributed by atoms with Crippen molar-refractivity contribution in [1.29, 1.82) is 0 Å². The molecule has 0 N–H and O–H groups in total. The number of fused-ring (bicyclic) bond motifs is 1. The Morgan fingerprint density at radius 1 is 1.05 bits per heavy atom. The topological polar surface area (TPSA) is 101 Å². The van der Waals surface area contributed by atoms with E-state index in [0.717, 1.165) is 22.4 Å². The molecule has 220 valence electrons. The van der Waals surface area contributed by atoms with Crippen LogP contribution in [0.2, 0.25) is 0 Å². The Bertz CT molecular complexity index is 1700. The van der Waals surface area contributed by atoms with Gasteiger partial charge in [-0.05, 0) is 95.7 Å². The highest BCUT2D eigenvalue weighted by Gasteiger charge is 2.19. The van der Waals surface area contributed by atoms with Crippen molar-refractivity contribution in [2.75, 3.05) is 26.9 Å². The molecule has 0 saturated carbocycles. The van der Waals surface area contributed by atoms with Gasteiger partial charge >= 0.3 is 5.97 Å². The molecule has 9 nitrogen and oxygen atoms in total. The molecule has 0 amide bonds. The number of ether oxygens (including phenoxy) is 4. The summed E-state index contributed by atoms with van der Waals surface area (Å²) in [5.74, 6) is 1.66. The molecule has 0 atom stereocenters. The van der Waals surface area contributed by atoms with Gasteiger partial charge in [0.15, 0.2) is 23.9 Å². The smallest absolute Gasteiger partial charge is 0.343 e. The molecule has 0 spiro atoms. The number of halogens is 1. The third-order valence-corrected chi connectivity index (χ3v) is 7.08. The van der Waals surface area contributed by atoms with Crippen LogP contribution in [0.4, 0.5) is 0 Å². The molecule has 1 heterocycles. The molecular weight excluding hydrogens is 602 g/mol. The Hall–Kier alpha value is -4.18. The molecule has 0 saturated heterocycles. The van der Waals surface area contributed by atoms with Gasteiger partial charge in [0.2, 0.25) is 0 Å². The van der Waals surface area contributed by atoms with Gasteiger partial charge in [0.1, 0.15) is 5.75 Å². The van der Waals surface area contributed by atoms with Gasteiger partial charge in [0.05, 0.1) is 41.9 Å². The van der Waals surface area contributed by atoms with E-state index >= 15 is 0 Å². The molecule has 0 aliphatic rings. The molecular formula is C32H34BrN3O6. The molecule has 4 rings (SSSR count). The number of aryl methyl sites for hydroxylation is 1. The predicted octanol–water partition coefficient (Wildman–Crippen LogP) is 6.49. The fourth-order valence-electron chi connectivity index (χ4n) is 4.46. The SMILES string of the molecule is CCOc1cc(C)c(-c2nc3ccccc3c(=O)n2N=Cc2cc(Br)c(OCC(=O)OC)c(OCC)c2)cc1C(C)C. The van der Waals surface area contributed by atoms with Crippen LogP contribution in [0.25, 0.3) is 22.3 Å². The first kappa shape index (κ1) is 30.8. The highest BCUT2D eigenvalue weighted by atomic mass is 79.9. The second-order valence-corrected chi connectivity index (χ2v) is 10.6. The highest BCUT2D eigenvalue weighted by Crippen LogP contribution is 2.37. The lowest BCUT2D eigenvalue weighted by atomic mass is 9.96. The summed E-state index contributed by atoms with van der Waals surface area (Å²) in [6, 6.07) is 14.7. The van der Waals surface area contributed by atoms with Crippen molar-refractivity contribution < 1.29 is 23.7 Å². The minimum atomic E-state index is -0.518. The summed E-state index contributed by atoms with van der Waals surface area (Å²) in [5, 5.41) is 5.08. The van der Waals surface area contributed by atoms with Gasteiger partial charge in [0, 0.05) is 5.56 Å². The van der Waals surface area contributed by atoms with Crippen molar-refractivity contribution in [3.8, 4) is 28.6 Å². The van der Waals surface area contributed by atoms with E-state index in [1.165, 1.54) is 11.8 Å². The number of benzene rings is 3. The summed E-state index contributed by atoms with van der Waals surface area (Å²) >= 11 is 3.50. The second-order valence-electron chi connectivity index (χ2n) is 9.73. The molecule has 0 fully saturated rings. The molecule has 0 unspecified atom stereocenters. The average molecular weight is 637 g/mol. The van der Waals surface area contributed by atoms with Crippen molar-refractivity contribution in [2.24, 2.45) is 5.10 Å². The first-order valence-electron chi connectivity index (χ1n) is 13.7. The standard InChI is InChI=1S/C32H34BrN3O6/c1-7-40-27-13-20(5)24(16-23(27)19(3)4)31-35-26-12-10-9-11-22(26)32(38)36(31)34-17-21-14-25(33)30(28(15-21)41-8-2)42-18-29(37)39-6/h9-17,19H,7-8,18H2,1-6H3. The van der Waals surface area contributed by atoms with Gasteiger partial charge in [-0.3, -0.25) is 4.79 Å². The van der Waals surface area contributed by atoms with E-state index in [2.05, 4.69) is 39.6 Å². The Kier molecular flexibility index (Phi) is 10.0. The van der Waals surface area contributed by atoms with Gasteiger partial charge < -0.3 is 18.9 Å².